The van der Waals surface area contributed by atoms with Gasteiger partial charge in [0.25, 0.3) is 0 Å². The van der Waals surface area contributed by atoms with Crippen molar-refractivity contribution in [3.05, 3.63) is 58.2 Å². The first-order chi connectivity index (χ1) is 16.7. The highest BCUT2D eigenvalue weighted by atomic mass is 16.5. The Morgan fingerprint density at radius 1 is 1.08 bits per heavy atom. The fourth-order valence-electron chi connectivity index (χ4n) is 4.08. The van der Waals surface area contributed by atoms with Gasteiger partial charge in [0, 0.05) is 17.5 Å². The summed E-state index contributed by atoms with van der Waals surface area (Å²) in [4.78, 5) is 0. The Morgan fingerprint density at radius 3 is 2.33 bits per heavy atom. The quantitative estimate of drug-likeness (QED) is 0.180. The molecule has 1 unspecified atom stereocenters. The minimum Gasteiger partial charge on any atom is -0.508 e. The zero-order chi connectivity index (χ0) is 26.8. The lowest BCUT2D eigenvalue weighted by molar-refractivity contribution is -0.0509. The number of hydrogen-bond acceptors (Lipinski definition) is 7. The maximum absolute atomic E-state index is 10.5. The fraction of sp³-hybridized carbons (Fsp3) is 0.448. The summed E-state index contributed by atoms with van der Waals surface area (Å²) in [5.41, 5.74) is 1.54. The largest absolute Gasteiger partial charge is 0.508 e. The van der Waals surface area contributed by atoms with Crippen LogP contribution in [0.1, 0.15) is 69.7 Å². The molecule has 7 heteroatoms. The van der Waals surface area contributed by atoms with Gasteiger partial charge in [-0.2, -0.15) is 0 Å². The average Bonchev–Trinajstić information content (AvgIpc) is 2.77. The van der Waals surface area contributed by atoms with Crippen molar-refractivity contribution in [1.29, 1.82) is 0 Å². The van der Waals surface area contributed by atoms with Gasteiger partial charge in [0.2, 0.25) is 0 Å². The van der Waals surface area contributed by atoms with Crippen molar-refractivity contribution in [3.8, 4) is 23.0 Å². The van der Waals surface area contributed by atoms with Crippen LogP contribution >= 0.6 is 0 Å². The summed E-state index contributed by atoms with van der Waals surface area (Å²) < 4.78 is 5.91. The van der Waals surface area contributed by atoms with Crippen molar-refractivity contribution in [2.45, 2.75) is 83.7 Å². The van der Waals surface area contributed by atoms with Crippen molar-refractivity contribution in [2.75, 3.05) is 0 Å². The highest BCUT2D eigenvalue weighted by Gasteiger charge is 2.37. The number of aromatic hydroxyl groups is 3. The maximum Gasteiger partial charge on any atom is 0.161 e. The number of phenols is 3. The first-order valence-corrected chi connectivity index (χ1v) is 12.2. The molecule has 0 radical (unpaired) electrons. The smallest absolute Gasteiger partial charge is 0.161 e. The number of fused-ring (bicyclic) bond motifs is 1. The molecule has 0 spiro atoms. The molecule has 2 aromatic carbocycles. The van der Waals surface area contributed by atoms with Gasteiger partial charge in [-0.05, 0) is 89.3 Å². The van der Waals surface area contributed by atoms with Crippen molar-refractivity contribution >= 4 is 12.2 Å². The lowest BCUT2D eigenvalue weighted by atomic mass is 9.90. The Balaban J connectivity index is 1.77. The van der Waals surface area contributed by atoms with Gasteiger partial charge in [-0.25, -0.2) is 0 Å². The summed E-state index contributed by atoms with van der Waals surface area (Å²) in [6.07, 6.45) is 5.60. The molecular formula is C29H38O7. The van der Waals surface area contributed by atoms with E-state index in [1.807, 2.05) is 13.0 Å². The summed E-state index contributed by atoms with van der Waals surface area (Å²) in [5.74, 6) is 0.150. The van der Waals surface area contributed by atoms with Crippen LogP contribution in [0, 0.1) is 0 Å². The van der Waals surface area contributed by atoms with E-state index in [1.165, 1.54) is 6.07 Å². The standard InChI is InChI=1S/C29H38O7/c1-17(7-11-25(32)28(2,3)35)6-10-20-12-18(14-23(31)27(20)34)8-9-19-13-22(30)21-16-26(33)29(4,5)36-24(21)15-19/h6,8-9,12-15,25-26,30-35H,7,10-11,16H2,1-5H3/b9-8+,17-6+/t25?,26-/m0/s1. The zero-order valence-electron chi connectivity index (χ0n) is 21.6. The molecule has 1 heterocycles. The molecule has 1 aliphatic rings. The number of hydrogen-bond donors (Lipinski definition) is 6. The van der Waals surface area contributed by atoms with Crippen LogP contribution in [0.25, 0.3) is 12.2 Å². The van der Waals surface area contributed by atoms with Gasteiger partial charge >= 0.3 is 0 Å². The number of aliphatic hydroxyl groups excluding tert-OH is 2. The lowest BCUT2D eigenvalue weighted by Crippen LogP contribution is -2.46. The van der Waals surface area contributed by atoms with E-state index in [0.717, 1.165) is 5.57 Å². The Morgan fingerprint density at radius 2 is 1.69 bits per heavy atom. The van der Waals surface area contributed by atoms with Crippen LogP contribution in [0.15, 0.2) is 35.9 Å². The number of phenolic OH excluding ortho intramolecular Hbond substituents is 3. The SMILES string of the molecule is C/C(=C\Cc1cc(/C=C/c2cc(O)c3c(c2)OC(C)(C)[C@@H](O)C3)cc(O)c1O)CCC(O)C(C)(C)O. The summed E-state index contributed by atoms with van der Waals surface area (Å²) >= 11 is 0. The predicted octanol–water partition coefficient (Wildman–Crippen LogP) is 4.45. The minimum atomic E-state index is -1.16. The minimum absolute atomic E-state index is 0.0475. The van der Waals surface area contributed by atoms with E-state index < -0.39 is 23.4 Å². The van der Waals surface area contributed by atoms with Crippen LogP contribution in [0.4, 0.5) is 0 Å². The molecular weight excluding hydrogens is 460 g/mol. The molecule has 0 aromatic heterocycles. The Bertz CT molecular complexity index is 1160. The first kappa shape index (κ1) is 27.6. The summed E-state index contributed by atoms with van der Waals surface area (Å²) in [6, 6.07) is 6.63. The van der Waals surface area contributed by atoms with Gasteiger partial charge in [-0.3, -0.25) is 0 Å². The van der Waals surface area contributed by atoms with Crippen LogP contribution in [0.2, 0.25) is 0 Å². The molecule has 2 aromatic rings. The molecule has 0 aliphatic carbocycles. The molecule has 0 amide bonds. The van der Waals surface area contributed by atoms with E-state index in [9.17, 15) is 30.6 Å². The van der Waals surface area contributed by atoms with E-state index in [1.54, 1.807) is 58.0 Å². The second-order valence-electron chi connectivity index (χ2n) is 10.8. The van der Waals surface area contributed by atoms with Gasteiger partial charge in [-0.1, -0.05) is 23.8 Å². The average molecular weight is 499 g/mol. The number of allylic oxidation sites excluding steroid dienone is 2. The zero-order valence-corrected chi connectivity index (χ0v) is 21.6. The predicted molar refractivity (Wildman–Crippen MR) is 140 cm³/mol. The molecule has 196 valence electrons. The molecule has 0 saturated carbocycles. The molecule has 1 aliphatic heterocycles. The number of benzene rings is 2. The number of aliphatic hydroxyl groups is 3. The van der Waals surface area contributed by atoms with E-state index >= 15 is 0 Å². The first-order valence-electron chi connectivity index (χ1n) is 12.2. The van der Waals surface area contributed by atoms with Crippen LogP contribution < -0.4 is 4.74 Å². The Labute approximate surface area is 212 Å². The molecule has 2 atom stereocenters. The van der Waals surface area contributed by atoms with E-state index in [0.29, 0.717) is 53.7 Å². The highest BCUT2D eigenvalue weighted by molar-refractivity contribution is 5.73. The van der Waals surface area contributed by atoms with E-state index in [2.05, 4.69) is 0 Å². The van der Waals surface area contributed by atoms with Gasteiger partial charge in [0.1, 0.15) is 17.1 Å². The fourth-order valence-corrected chi connectivity index (χ4v) is 4.08. The van der Waals surface area contributed by atoms with Gasteiger partial charge < -0.3 is 35.4 Å². The van der Waals surface area contributed by atoms with Gasteiger partial charge in [0.15, 0.2) is 11.5 Å². The monoisotopic (exact) mass is 498 g/mol. The van der Waals surface area contributed by atoms with E-state index in [4.69, 9.17) is 4.74 Å². The van der Waals surface area contributed by atoms with Crippen LogP contribution in [0.3, 0.4) is 0 Å². The summed E-state index contributed by atoms with van der Waals surface area (Å²) in [7, 11) is 0. The van der Waals surface area contributed by atoms with Gasteiger partial charge in [0.05, 0.1) is 17.8 Å². The molecule has 0 bridgehead atoms. The topological polar surface area (TPSA) is 131 Å². The highest BCUT2D eigenvalue weighted by Crippen LogP contribution is 2.40. The third-order valence-corrected chi connectivity index (χ3v) is 6.74. The second kappa shape index (κ2) is 10.5. The summed E-state index contributed by atoms with van der Waals surface area (Å²) in [6.45, 7) is 8.66. The lowest BCUT2D eigenvalue weighted by Gasteiger charge is -2.37. The molecule has 7 nitrogen and oxygen atoms in total. The normalized spacial score (nSPS) is 18.7. The van der Waals surface area contributed by atoms with Crippen LogP contribution in [-0.2, 0) is 12.8 Å². The molecule has 36 heavy (non-hydrogen) atoms. The Kier molecular flexibility index (Phi) is 8.08. The maximum atomic E-state index is 10.5. The molecule has 3 rings (SSSR count). The van der Waals surface area contributed by atoms with E-state index in [-0.39, 0.29) is 17.2 Å². The van der Waals surface area contributed by atoms with Crippen molar-refractivity contribution < 1.29 is 35.4 Å². The van der Waals surface area contributed by atoms with Crippen LogP contribution in [-0.4, -0.2) is 54.0 Å². The Hall–Kier alpha value is -3.00. The molecule has 0 fully saturated rings. The molecule has 0 saturated heterocycles. The van der Waals surface area contributed by atoms with Crippen LogP contribution in [0.5, 0.6) is 23.0 Å². The number of ether oxygens (including phenoxy) is 1. The van der Waals surface area contributed by atoms with Crippen molar-refractivity contribution in [1.82, 2.24) is 0 Å². The van der Waals surface area contributed by atoms with Gasteiger partial charge in [-0.15, -0.1) is 0 Å². The molecule has 6 N–H and O–H groups in total. The second-order valence-corrected chi connectivity index (χ2v) is 10.8. The van der Waals surface area contributed by atoms with Crippen molar-refractivity contribution in [3.63, 3.8) is 0 Å². The summed E-state index contributed by atoms with van der Waals surface area (Å²) in [5, 5.41) is 61.2. The third-order valence-electron chi connectivity index (χ3n) is 6.74. The number of rotatable bonds is 8. The third kappa shape index (κ3) is 6.60. The van der Waals surface area contributed by atoms with Crippen molar-refractivity contribution in [2.24, 2.45) is 0 Å².